The molecule has 0 aliphatic heterocycles. The van der Waals surface area contributed by atoms with Crippen molar-refractivity contribution in [1.82, 2.24) is 4.98 Å². The van der Waals surface area contributed by atoms with Crippen LogP contribution in [0.25, 0.3) is 0 Å². The number of rotatable bonds is 5. The number of furan rings is 1. The van der Waals surface area contributed by atoms with Gasteiger partial charge in [-0.05, 0) is 53.5 Å². The molecule has 2 heterocycles. The maximum Gasteiger partial charge on any atom is 0.119 e. The van der Waals surface area contributed by atoms with Gasteiger partial charge in [0.1, 0.15) is 16.5 Å². The number of pyridine rings is 1. The molecular formula is C14H17BrN2OS. The SMILES string of the molecule is CCC(N)C(Sc1ncccc1Br)c1ccc(C)o1. The molecule has 0 amide bonds. The zero-order valence-corrected chi connectivity index (χ0v) is 13.4. The van der Waals surface area contributed by atoms with Gasteiger partial charge in [0, 0.05) is 16.7 Å². The van der Waals surface area contributed by atoms with Crippen LogP contribution in [0.3, 0.4) is 0 Å². The summed E-state index contributed by atoms with van der Waals surface area (Å²) in [4.78, 5) is 4.39. The van der Waals surface area contributed by atoms with E-state index in [9.17, 15) is 0 Å². The lowest BCUT2D eigenvalue weighted by molar-refractivity contribution is 0.454. The number of aromatic nitrogens is 1. The number of nitrogens with zero attached hydrogens (tertiary/aromatic N) is 1. The highest BCUT2D eigenvalue weighted by Gasteiger charge is 2.24. The highest BCUT2D eigenvalue weighted by Crippen LogP contribution is 2.40. The average molecular weight is 341 g/mol. The topological polar surface area (TPSA) is 52.0 Å². The predicted molar refractivity (Wildman–Crippen MR) is 82.2 cm³/mol. The van der Waals surface area contributed by atoms with E-state index in [1.807, 2.05) is 31.2 Å². The van der Waals surface area contributed by atoms with Crippen LogP contribution in [0, 0.1) is 6.92 Å². The van der Waals surface area contributed by atoms with E-state index in [4.69, 9.17) is 10.2 Å². The number of aryl methyl sites for hydroxylation is 1. The Bertz CT molecular complexity index is 544. The molecule has 2 N–H and O–H groups in total. The Morgan fingerprint density at radius 3 is 2.79 bits per heavy atom. The van der Waals surface area contributed by atoms with Gasteiger partial charge in [-0.1, -0.05) is 18.7 Å². The van der Waals surface area contributed by atoms with Crippen LogP contribution in [0.15, 0.2) is 44.4 Å². The maximum absolute atomic E-state index is 6.23. The van der Waals surface area contributed by atoms with E-state index >= 15 is 0 Å². The molecule has 0 saturated carbocycles. The van der Waals surface area contributed by atoms with Crippen molar-refractivity contribution in [1.29, 1.82) is 0 Å². The smallest absolute Gasteiger partial charge is 0.119 e. The lowest BCUT2D eigenvalue weighted by Gasteiger charge is -2.20. The molecule has 5 heteroatoms. The zero-order valence-electron chi connectivity index (χ0n) is 11.0. The van der Waals surface area contributed by atoms with E-state index in [2.05, 4.69) is 27.8 Å². The fraction of sp³-hybridized carbons (Fsp3) is 0.357. The second-order valence-corrected chi connectivity index (χ2v) is 6.33. The molecular weight excluding hydrogens is 324 g/mol. The number of halogens is 1. The van der Waals surface area contributed by atoms with Crippen LogP contribution in [0.5, 0.6) is 0 Å². The van der Waals surface area contributed by atoms with Crippen molar-refractivity contribution in [3.05, 3.63) is 46.5 Å². The molecule has 19 heavy (non-hydrogen) atoms. The minimum Gasteiger partial charge on any atom is -0.465 e. The summed E-state index contributed by atoms with van der Waals surface area (Å²) in [6.45, 7) is 4.03. The average Bonchev–Trinajstić information content (AvgIpc) is 2.83. The van der Waals surface area contributed by atoms with E-state index in [0.717, 1.165) is 27.4 Å². The Morgan fingerprint density at radius 2 is 2.21 bits per heavy atom. The molecule has 0 aliphatic rings. The Kier molecular flexibility index (Phi) is 5.07. The largest absolute Gasteiger partial charge is 0.465 e. The summed E-state index contributed by atoms with van der Waals surface area (Å²) < 4.78 is 6.72. The first-order valence-electron chi connectivity index (χ1n) is 6.21. The molecule has 2 unspecified atom stereocenters. The Balaban J connectivity index is 2.27. The first-order chi connectivity index (χ1) is 9.11. The zero-order chi connectivity index (χ0) is 13.8. The molecule has 2 atom stereocenters. The number of hydrogen-bond acceptors (Lipinski definition) is 4. The number of thioether (sulfide) groups is 1. The summed E-state index contributed by atoms with van der Waals surface area (Å²) in [5.74, 6) is 1.82. The maximum atomic E-state index is 6.23. The molecule has 0 fully saturated rings. The quantitative estimate of drug-likeness (QED) is 0.823. The minimum absolute atomic E-state index is 0.0319. The van der Waals surface area contributed by atoms with Crippen molar-refractivity contribution in [2.45, 2.75) is 36.6 Å². The van der Waals surface area contributed by atoms with Gasteiger partial charge in [-0.25, -0.2) is 4.98 Å². The van der Waals surface area contributed by atoms with Crippen LogP contribution in [-0.2, 0) is 0 Å². The van der Waals surface area contributed by atoms with Crippen molar-refractivity contribution in [3.8, 4) is 0 Å². The summed E-state index contributed by atoms with van der Waals surface area (Å²) in [5, 5.41) is 1.01. The highest BCUT2D eigenvalue weighted by molar-refractivity contribution is 9.10. The van der Waals surface area contributed by atoms with Crippen molar-refractivity contribution in [2.75, 3.05) is 0 Å². The summed E-state index contributed by atoms with van der Waals surface area (Å²) >= 11 is 5.16. The van der Waals surface area contributed by atoms with Crippen molar-refractivity contribution in [3.63, 3.8) is 0 Å². The molecule has 0 radical (unpaired) electrons. The summed E-state index contributed by atoms with van der Waals surface area (Å²) in [7, 11) is 0. The summed E-state index contributed by atoms with van der Waals surface area (Å²) in [6.07, 6.45) is 2.68. The van der Waals surface area contributed by atoms with Gasteiger partial charge >= 0.3 is 0 Å². The van der Waals surface area contributed by atoms with Crippen LogP contribution < -0.4 is 5.73 Å². The third-order valence-corrected chi connectivity index (χ3v) is 5.15. The standard InChI is InChI=1S/C14H17BrN2OS/c1-3-11(16)13(12-7-6-9(2)18-12)19-14-10(15)5-4-8-17-14/h4-8,11,13H,3,16H2,1-2H3. The van der Waals surface area contributed by atoms with Gasteiger partial charge in [-0.2, -0.15) is 0 Å². The van der Waals surface area contributed by atoms with Crippen molar-refractivity contribution < 1.29 is 4.42 Å². The Labute approximate surface area is 126 Å². The highest BCUT2D eigenvalue weighted by atomic mass is 79.9. The molecule has 2 aromatic rings. The van der Waals surface area contributed by atoms with E-state index in [1.54, 1.807) is 18.0 Å². The van der Waals surface area contributed by atoms with E-state index < -0.39 is 0 Å². The Hall–Kier alpha value is -0.780. The van der Waals surface area contributed by atoms with Gasteiger partial charge < -0.3 is 10.2 Å². The monoisotopic (exact) mass is 340 g/mol. The van der Waals surface area contributed by atoms with Crippen molar-refractivity contribution >= 4 is 27.7 Å². The Morgan fingerprint density at radius 1 is 1.42 bits per heavy atom. The van der Waals surface area contributed by atoms with Crippen molar-refractivity contribution in [2.24, 2.45) is 5.73 Å². The third-order valence-electron chi connectivity index (χ3n) is 2.87. The van der Waals surface area contributed by atoms with Crippen LogP contribution in [0.4, 0.5) is 0 Å². The van der Waals surface area contributed by atoms with Crippen LogP contribution in [-0.4, -0.2) is 11.0 Å². The molecule has 0 aliphatic carbocycles. The fourth-order valence-corrected chi connectivity index (χ4v) is 3.44. The molecule has 0 aromatic carbocycles. The molecule has 3 nitrogen and oxygen atoms in total. The van der Waals surface area contributed by atoms with Crippen LogP contribution >= 0.6 is 27.7 Å². The van der Waals surface area contributed by atoms with Gasteiger partial charge in [0.25, 0.3) is 0 Å². The van der Waals surface area contributed by atoms with E-state index in [1.165, 1.54) is 0 Å². The first kappa shape index (κ1) is 14.6. The third kappa shape index (κ3) is 3.61. The van der Waals surface area contributed by atoms with Gasteiger partial charge in [-0.3, -0.25) is 0 Å². The molecule has 2 rings (SSSR count). The number of hydrogen-bond donors (Lipinski definition) is 1. The van der Waals surface area contributed by atoms with Crippen LogP contribution in [0.1, 0.15) is 30.1 Å². The predicted octanol–water partition coefficient (Wildman–Crippen LogP) is 4.32. The van der Waals surface area contributed by atoms with Gasteiger partial charge in [0.05, 0.1) is 5.25 Å². The summed E-state index contributed by atoms with van der Waals surface area (Å²) in [5.41, 5.74) is 6.23. The van der Waals surface area contributed by atoms with Gasteiger partial charge in [0.2, 0.25) is 0 Å². The number of nitrogens with two attached hydrogens (primary N) is 1. The normalized spacial score (nSPS) is 14.3. The van der Waals surface area contributed by atoms with Gasteiger partial charge in [0.15, 0.2) is 0 Å². The molecule has 102 valence electrons. The summed E-state index contributed by atoms with van der Waals surface area (Å²) in [6, 6.07) is 7.89. The molecule has 0 spiro atoms. The lowest BCUT2D eigenvalue weighted by atomic mass is 10.1. The minimum atomic E-state index is 0.0319. The van der Waals surface area contributed by atoms with E-state index in [0.29, 0.717) is 0 Å². The molecule has 0 saturated heterocycles. The second kappa shape index (κ2) is 6.59. The molecule has 0 bridgehead atoms. The van der Waals surface area contributed by atoms with E-state index in [-0.39, 0.29) is 11.3 Å². The first-order valence-corrected chi connectivity index (χ1v) is 7.88. The second-order valence-electron chi connectivity index (χ2n) is 4.35. The lowest BCUT2D eigenvalue weighted by Crippen LogP contribution is -2.25. The fourth-order valence-electron chi connectivity index (χ4n) is 1.76. The molecule has 2 aromatic heterocycles. The van der Waals surface area contributed by atoms with Gasteiger partial charge in [-0.15, -0.1) is 0 Å². The van der Waals surface area contributed by atoms with Crippen LogP contribution in [0.2, 0.25) is 0 Å².